The molecule has 0 unspecified atom stereocenters. The highest BCUT2D eigenvalue weighted by molar-refractivity contribution is 6.32. The molecular weight excluding hydrogens is 281 g/mol. The Labute approximate surface area is 125 Å². The number of pyridine rings is 1. The summed E-state index contributed by atoms with van der Waals surface area (Å²) in [4.78, 5) is 6.69. The van der Waals surface area contributed by atoms with E-state index >= 15 is 0 Å². The van der Waals surface area contributed by atoms with Crippen molar-refractivity contribution in [3.05, 3.63) is 28.0 Å². The van der Waals surface area contributed by atoms with Crippen LogP contribution in [0.25, 0.3) is 0 Å². The first kappa shape index (κ1) is 15.0. The number of rotatable bonds is 5. The zero-order valence-corrected chi connectivity index (χ0v) is 12.8. The van der Waals surface area contributed by atoms with Gasteiger partial charge in [0.15, 0.2) is 0 Å². The van der Waals surface area contributed by atoms with Crippen LogP contribution in [0.4, 0.5) is 0 Å². The highest BCUT2D eigenvalue weighted by Gasteiger charge is 2.24. The maximum atomic E-state index is 6.28. The average Bonchev–Trinajstić information content (AvgIpc) is 2.42. The van der Waals surface area contributed by atoms with Crippen molar-refractivity contribution in [2.75, 3.05) is 26.2 Å². The van der Waals surface area contributed by atoms with Gasteiger partial charge in [-0.3, -0.25) is 4.90 Å². The van der Waals surface area contributed by atoms with Crippen molar-refractivity contribution < 1.29 is 0 Å². The second-order valence-corrected chi connectivity index (χ2v) is 5.70. The summed E-state index contributed by atoms with van der Waals surface area (Å²) in [7, 11) is 0. The third-order valence-electron chi connectivity index (χ3n) is 3.63. The topological polar surface area (TPSA) is 28.2 Å². The van der Waals surface area contributed by atoms with Crippen LogP contribution in [0.15, 0.2) is 12.1 Å². The van der Waals surface area contributed by atoms with Gasteiger partial charge in [-0.25, -0.2) is 4.98 Å². The Morgan fingerprint density at radius 2 is 2.05 bits per heavy atom. The van der Waals surface area contributed by atoms with E-state index in [0.717, 1.165) is 38.2 Å². The second-order valence-electron chi connectivity index (χ2n) is 4.96. The van der Waals surface area contributed by atoms with Gasteiger partial charge in [-0.15, -0.1) is 0 Å². The molecule has 0 spiro atoms. The Kier molecular flexibility index (Phi) is 5.89. The summed E-state index contributed by atoms with van der Waals surface area (Å²) in [5.74, 6) is 0. The summed E-state index contributed by atoms with van der Waals surface area (Å²) in [5.41, 5.74) is 1.11. The van der Waals surface area contributed by atoms with E-state index in [1.807, 2.05) is 12.1 Å². The molecule has 2 heterocycles. The molecule has 1 fully saturated rings. The van der Waals surface area contributed by atoms with Gasteiger partial charge >= 0.3 is 0 Å². The fourth-order valence-corrected chi connectivity index (χ4v) is 3.07. The number of piperazine rings is 1. The van der Waals surface area contributed by atoms with Crippen LogP contribution < -0.4 is 5.32 Å². The lowest BCUT2D eigenvalue weighted by Gasteiger charge is -2.35. The lowest BCUT2D eigenvalue weighted by molar-refractivity contribution is 0.163. The minimum atomic E-state index is 0.360. The lowest BCUT2D eigenvalue weighted by atomic mass is 10.0. The van der Waals surface area contributed by atoms with Crippen LogP contribution in [-0.2, 0) is 0 Å². The van der Waals surface area contributed by atoms with E-state index in [0.29, 0.717) is 16.3 Å². The van der Waals surface area contributed by atoms with Gasteiger partial charge in [0.25, 0.3) is 0 Å². The maximum Gasteiger partial charge on any atom is 0.135 e. The third-order valence-corrected chi connectivity index (χ3v) is 4.14. The normalized spacial score (nSPS) is 18.5. The SMILES string of the molecule is CCCC[C@H](c1ccc(Cl)nc1Cl)N1CCNCC1. The van der Waals surface area contributed by atoms with Gasteiger partial charge in [0.05, 0.1) is 0 Å². The summed E-state index contributed by atoms with van der Waals surface area (Å²) in [5, 5.41) is 4.40. The number of hydrogen-bond donors (Lipinski definition) is 1. The molecule has 0 aliphatic carbocycles. The highest BCUT2D eigenvalue weighted by atomic mass is 35.5. The van der Waals surface area contributed by atoms with Crippen molar-refractivity contribution in [1.82, 2.24) is 15.2 Å². The van der Waals surface area contributed by atoms with Crippen molar-refractivity contribution in [2.45, 2.75) is 32.2 Å². The number of halogens is 2. The predicted molar refractivity (Wildman–Crippen MR) is 81.0 cm³/mol. The molecular formula is C14H21Cl2N3. The quantitative estimate of drug-likeness (QED) is 0.844. The number of hydrogen-bond acceptors (Lipinski definition) is 3. The Hall–Kier alpha value is -0.350. The molecule has 1 N–H and O–H groups in total. The third kappa shape index (κ3) is 4.06. The van der Waals surface area contributed by atoms with Crippen LogP contribution in [0.5, 0.6) is 0 Å². The molecule has 0 radical (unpaired) electrons. The lowest BCUT2D eigenvalue weighted by Crippen LogP contribution is -2.45. The van der Waals surface area contributed by atoms with E-state index in [1.165, 1.54) is 12.8 Å². The summed E-state index contributed by atoms with van der Waals surface area (Å²) in [6, 6.07) is 4.23. The molecule has 2 rings (SSSR count). The zero-order valence-electron chi connectivity index (χ0n) is 11.3. The molecule has 1 atom stereocenters. The van der Waals surface area contributed by atoms with Crippen molar-refractivity contribution in [3.8, 4) is 0 Å². The molecule has 1 aliphatic heterocycles. The molecule has 19 heavy (non-hydrogen) atoms. The van der Waals surface area contributed by atoms with E-state index in [2.05, 4.69) is 22.1 Å². The van der Waals surface area contributed by atoms with Crippen molar-refractivity contribution in [2.24, 2.45) is 0 Å². The highest BCUT2D eigenvalue weighted by Crippen LogP contribution is 2.31. The van der Waals surface area contributed by atoms with Crippen LogP contribution in [0.3, 0.4) is 0 Å². The largest absolute Gasteiger partial charge is 0.314 e. The Morgan fingerprint density at radius 1 is 1.32 bits per heavy atom. The monoisotopic (exact) mass is 301 g/mol. The average molecular weight is 302 g/mol. The fourth-order valence-electron chi connectivity index (χ4n) is 2.60. The molecule has 3 nitrogen and oxygen atoms in total. The van der Waals surface area contributed by atoms with E-state index in [1.54, 1.807) is 0 Å². The van der Waals surface area contributed by atoms with Gasteiger partial charge in [0.1, 0.15) is 10.3 Å². The number of nitrogens with one attached hydrogen (secondary N) is 1. The molecule has 0 bridgehead atoms. The summed E-state index contributed by atoms with van der Waals surface area (Å²) >= 11 is 12.2. The number of aromatic nitrogens is 1. The van der Waals surface area contributed by atoms with E-state index in [-0.39, 0.29) is 0 Å². The Morgan fingerprint density at radius 3 is 2.68 bits per heavy atom. The molecule has 5 heteroatoms. The van der Waals surface area contributed by atoms with Gasteiger partial charge in [0, 0.05) is 37.8 Å². The molecule has 0 saturated carbocycles. The smallest absolute Gasteiger partial charge is 0.135 e. The molecule has 1 aromatic heterocycles. The summed E-state index contributed by atoms with van der Waals surface area (Å²) in [6.07, 6.45) is 3.52. The standard InChI is InChI=1S/C14H21Cl2N3/c1-2-3-4-12(19-9-7-17-8-10-19)11-5-6-13(15)18-14(11)16/h5-6,12,17H,2-4,7-10H2,1H3/t12-/m1/s1. The first-order valence-corrected chi connectivity index (χ1v) is 7.74. The van der Waals surface area contributed by atoms with Crippen molar-refractivity contribution >= 4 is 23.2 Å². The van der Waals surface area contributed by atoms with Crippen molar-refractivity contribution in [3.63, 3.8) is 0 Å². The molecule has 1 aromatic rings. The van der Waals surface area contributed by atoms with E-state index in [4.69, 9.17) is 23.2 Å². The van der Waals surface area contributed by atoms with Crippen LogP contribution in [0.2, 0.25) is 10.3 Å². The van der Waals surface area contributed by atoms with Gasteiger partial charge in [0.2, 0.25) is 0 Å². The number of nitrogens with zero attached hydrogens (tertiary/aromatic N) is 2. The molecule has 0 amide bonds. The molecule has 106 valence electrons. The maximum absolute atomic E-state index is 6.28. The fraction of sp³-hybridized carbons (Fsp3) is 0.643. The molecule has 0 aromatic carbocycles. The number of unbranched alkanes of at least 4 members (excludes halogenated alkanes) is 1. The Balaban J connectivity index is 2.19. The van der Waals surface area contributed by atoms with Crippen LogP contribution >= 0.6 is 23.2 Å². The van der Waals surface area contributed by atoms with Crippen molar-refractivity contribution in [1.29, 1.82) is 0 Å². The van der Waals surface area contributed by atoms with Crippen LogP contribution in [0, 0.1) is 0 Å². The first-order valence-electron chi connectivity index (χ1n) is 6.99. The summed E-state index contributed by atoms with van der Waals surface area (Å²) < 4.78 is 0. The molecule has 1 saturated heterocycles. The zero-order chi connectivity index (χ0) is 13.7. The minimum Gasteiger partial charge on any atom is -0.314 e. The van der Waals surface area contributed by atoms with E-state index < -0.39 is 0 Å². The van der Waals surface area contributed by atoms with Gasteiger partial charge < -0.3 is 5.32 Å². The summed E-state index contributed by atoms with van der Waals surface area (Å²) in [6.45, 7) is 6.43. The van der Waals surface area contributed by atoms with Crippen LogP contribution in [-0.4, -0.2) is 36.1 Å². The van der Waals surface area contributed by atoms with Gasteiger partial charge in [-0.1, -0.05) is 49.0 Å². The van der Waals surface area contributed by atoms with Crippen LogP contribution in [0.1, 0.15) is 37.8 Å². The predicted octanol–water partition coefficient (Wildman–Crippen LogP) is 3.52. The minimum absolute atomic E-state index is 0.360. The van der Waals surface area contributed by atoms with E-state index in [9.17, 15) is 0 Å². The van der Waals surface area contributed by atoms with Gasteiger partial charge in [-0.2, -0.15) is 0 Å². The van der Waals surface area contributed by atoms with Gasteiger partial charge in [-0.05, 0) is 12.5 Å². The molecule has 1 aliphatic rings. The Bertz CT molecular complexity index is 406. The first-order chi connectivity index (χ1) is 9.22. The second kappa shape index (κ2) is 7.44.